The van der Waals surface area contributed by atoms with Crippen LogP contribution in [0.5, 0.6) is 5.75 Å². The Bertz CT molecular complexity index is 865. The fourth-order valence-electron chi connectivity index (χ4n) is 1.84. The van der Waals surface area contributed by atoms with Crippen LogP contribution in [0.1, 0.15) is 15.9 Å². The largest absolute Gasteiger partial charge is 0.507 e. The van der Waals surface area contributed by atoms with Crippen molar-refractivity contribution < 1.29 is 24.2 Å². The van der Waals surface area contributed by atoms with Crippen LogP contribution in [0.25, 0.3) is 0 Å². The summed E-state index contributed by atoms with van der Waals surface area (Å²) in [7, 11) is 1.26. The average Bonchev–Trinajstić information content (AvgIpc) is 2.64. The lowest BCUT2D eigenvalue weighted by Gasteiger charge is -2.05. The van der Waals surface area contributed by atoms with Crippen LogP contribution in [0.3, 0.4) is 0 Å². The highest BCUT2D eigenvalue weighted by Gasteiger charge is 2.13. The molecule has 2 aromatic rings. The van der Waals surface area contributed by atoms with Crippen molar-refractivity contribution in [2.24, 2.45) is 5.10 Å². The molecule has 2 aromatic carbocycles. The van der Waals surface area contributed by atoms with Gasteiger partial charge in [-0.3, -0.25) is 9.59 Å². The summed E-state index contributed by atoms with van der Waals surface area (Å²) in [5.74, 6) is -2.47. The van der Waals surface area contributed by atoms with Crippen LogP contribution in [0.2, 0.25) is 0 Å². The van der Waals surface area contributed by atoms with E-state index in [1.54, 1.807) is 12.1 Å². The molecule has 3 N–H and O–H groups in total. The van der Waals surface area contributed by atoms with Gasteiger partial charge >= 0.3 is 17.8 Å². The van der Waals surface area contributed by atoms with Crippen molar-refractivity contribution in [3.63, 3.8) is 0 Å². The predicted molar refractivity (Wildman–Crippen MR) is 98.0 cm³/mol. The average molecular weight is 420 g/mol. The molecule has 0 atom stereocenters. The minimum absolute atomic E-state index is 0.0265. The zero-order valence-electron chi connectivity index (χ0n) is 13.5. The maximum absolute atomic E-state index is 11.8. The van der Waals surface area contributed by atoms with Crippen molar-refractivity contribution in [1.82, 2.24) is 5.43 Å². The van der Waals surface area contributed by atoms with Crippen molar-refractivity contribution in [2.75, 3.05) is 12.4 Å². The van der Waals surface area contributed by atoms with Crippen LogP contribution in [-0.2, 0) is 14.3 Å². The van der Waals surface area contributed by atoms with Crippen molar-refractivity contribution in [2.45, 2.75) is 0 Å². The quantitative estimate of drug-likeness (QED) is 0.303. The number of hydrogen-bond acceptors (Lipinski definition) is 6. The second-order valence-electron chi connectivity index (χ2n) is 4.93. The lowest BCUT2D eigenvalue weighted by atomic mass is 10.2. The second-order valence-corrected chi connectivity index (χ2v) is 5.84. The molecule has 26 heavy (non-hydrogen) atoms. The van der Waals surface area contributed by atoms with Crippen molar-refractivity contribution in [3.05, 3.63) is 58.1 Å². The Balaban J connectivity index is 1.93. The van der Waals surface area contributed by atoms with Crippen LogP contribution in [0.4, 0.5) is 5.69 Å². The molecule has 0 heterocycles. The first-order valence-corrected chi connectivity index (χ1v) is 8.01. The van der Waals surface area contributed by atoms with Gasteiger partial charge in [0.2, 0.25) is 0 Å². The number of esters is 1. The Morgan fingerprint density at radius 3 is 2.46 bits per heavy atom. The van der Waals surface area contributed by atoms with Gasteiger partial charge in [-0.15, -0.1) is 0 Å². The number of benzene rings is 2. The van der Waals surface area contributed by atoms with Gasteiger partial charge in [0.1, 0.15) is 5.75 Å². The summed E-state index contributed by atoms with van der Waals surface area (Å²) in [6.45, 7) is 0. The zero-order valence-corrected chi connectivity index (χ0v) is 15.1. The number of halogens is 1. The highest BCUT2D eigenvalue weighted by Crippen LogP contribution is 2.19. The third kappa shape index (κ3) is 5.15. The number of ether oxygens (including phenoxy) is 1. The molecular formula is C17H14BrN3O5. The maximum Gasteiger partial charge on any atom is 0.337 e. The van der Waals surface area contributed by atoms with Crippen molar-refractivity contribution in [1.29, 1.82) is 0 Å². The molecule has 0 aliphatic rings. The number of phenols is 1. The normalized spacial score (nSPS) is 10.4. The molecule has 8 nitrogen and oxygen atoms in total. The summed E-state index contributed by atoms with van der Waals surface area (Å²) in [5.41, 5.74) is 3.05. The molecule has 0 fully saturated rings. The van der Waals surface area contributed by atoms with E-state index in [2.05, 4.69) is 36.5 Å². The van der Waals surface area contributed by atoms with Gasteiger partial charge in [0, 0.05) is 15.7 Å². The highest BCUT2D eigenvalue weighted by atomic mass is 79.9. The number of carbonyl (C=O) groups excluding carboxylic acids is 3. The molecule has 2 amide bonds. The van der Waals surface area contributed by atoms with Gasteiger partial charge in [-0.05, 0) is 42.5 Å². The van der Waals surface area contributed by atoms with E-state index in [0.717, 1.165) is 4.47 Å². The van der Waals surface area contributed by atoms with E-state index in [1.807, 2.05) is 0 Å². The van der Waals surface area contributed by atoms with Crippen molar-refractivity contribution in [3.8, 4) is 5.75 Å². The summed E-state index contributed by atoms with van der Waals surface area (Å²) >= 11 is 3.24. The molecule has 0 saturated heterocycles. The minimum atomic E-state index is -0.993. The zero-order chi connectivity index (χ0) is 19.1. The molecule has 0 radical (unpaired) electrons. The maximum atomic E-state index is 11.8. The summed E-state index contributed by atoms with van der Waals surface area (Å²) in [4.78, 5) is 34.9. The number of methoxy groups -OCH3 is 1. The first kappa shape index (κ1) is 19.1. The van der Waals surface area contributed by atoms with Gasteiger partial charge in [0.05, 0.1) is 18.9 Å². The number of amides is 2. The Morgan fingerprint density at radius 1 is 1.12 bits per heavy atom. The fourth-order valence-corrected chi connectivity index (χ4v) is 2.21. The van der Waals surface area contributed by atoms with E-state index in [0.29, 0.717) is 16.8 Å². The SMILES string of the molecule is COC(=O)c1ccc(NC(=O)C(=O)N/N=C\c2cc(Br)ccc2O)cc1. The number of hydrazone groups is 1. The van der Waals surface area contributed by atoms with Gasteiger partial charge in [-0.2, -0.15) is 5.10 Å². The summed E-state index contributed by atoms with van der Waals surface area (Å²) in [5, 5.41) is 15.6. The molecule has 0 bridgehead atoms. The molecular weight excluding hydrogens is 406 g/mol. The first-order chi connectivity index (χ1) is 12.4. The molecule has 0 aliphatic heterocycles. The van der Waals surface area contributed by atoms with E-state index >= 15 is 0 Å². The van der Waals surface area contributed by atoms with E-state index < -0.39 is 17.8 Å². The third-order valence-corrected chi connectivity index (χ3v) is 3.62. The molecule has 134 valence electrons. The molecule has 0 spiro atoms. The Kier molecular flexibility index (Phi) is 6.45. The molecule has 0 unspecified atom stereocenters. The topological polar surface area (TPSA) is 117 Å². The number of nitrogens with one attached hydrogen (secondary N) is 2. The number of hydrogen-bond donors (Lipinski definition) is 3. The van der Waals surface area contributed by atoms with Crippen LogP contribution in [0, 0.1) is 0 Å². The van der Waals surface area contributed by atoms with Crippen LogP contribution < -0.4 is 10.7 Å². The molecule has 0 aliphatic carbocycles. The van der Waals surface area contributed by atoms with Crippen LogP contribution in [-0.4, -0.2) is 36.2 Å². The minimum Gasteiger partial charge on any atom is -0.507 e. The van der Waals surface area contributed by atoms with Crippen LogP contribution in [0.15, 0.2) is 52.0 Å². The fraction of sp³-hybridized carbons (Fsp3) is 0.0588. The van der Waals surface area contributed by atoms with Crippen molar-refractivity contribution >= 4 is 45.6 Å². The Labute approximate surface area is 157 Å². The van der Waals surface area contributed by atoms with E-state index in [9.17, 15) is 19.5 Å². The van der Waals surface area contributed by atoms with Gasteiger partial charge in [0.25, 0.3) is 0 Å². The summed E-state index contributed by atoms with van der Waals surface area (Å²) in [6.07, 6.45) is 1.20. The molecule has 0 aromatic heterocycles. The number of aromatic hydroxyl groups is 1. The number of nitrogens with zero attached hydrogens (tertiary/aromatic N) is 1. The summed E-state index contributed by atoms with van der Waals surface area (Å²) in [6, 6.07) is 10.5. The third-order valence-electron chi connectivity index (χ3n) is 3.13. The van der Waals surface area contributed by atoms with Gasteiger partial charge < -0.3 is 15.2 Å². The lowest BCUT2D eigenvalue weighted by molar-refractivity contribution is -0.136. The van der Waals surface area contributed by atoms with E-state index in [4.69, 9.17) is 0 Å². The molecule has 0 saturated carbocycles. The number of carbonyl (C=O) groups is 3. The monoisotopic (exact) mass is 419 g/mol. The van der Waals surface area contributed by atoms with Crippen LogP contribution >= 0.6 is 15.9 Å². The Morgan fingerprint density at radius 2 is 1.81 bits per heavy atom. The number of anilines is 1. The number of rotatable bonds is 4. The predicted octanol–water partition coefficient (Wildman–Crippen LogP) is 2.03. The van der Waals surface area contributed by atoms with Gasteiger partial charge in [-0.1, -0.05) is 15.9 Å². The smallest absolute Gasteiger partial charge is 0.337 e. The second kappa shape index (κ2) is 8.77. The highest BCUT2D eigenvalue weighted by molar-refractivity contribution is 9.10. The van der Waals surface area contributed by atoms with E-state index in [1.165, 1.54) is 43.7 Å². The molecule has 9 heteroatoms. The Hall–Kier alpha value is -3.20. The molecule has 2 rings (SSSR count). The summed E-state index contributed by atoms with van der Waals surface area (Å²) < 4.78 is 5.28. The first-order valence-electron chi connectivity index (χ1n) is 7.22. The lowest BCUT2D eigenvalue weighted by Crippen LogP contribution is -2.32. The van der Waals surface area contributed by atoms with Gasteiger partial charge in [-0.25, -0.2) is 10.2 Å². The van der Waals surface area contributed by atoms with Gasteiger partial charge in [0.15, 0.2) is 0 Å². The van der Waals surface area contributed by atoms with E-state index in [-0.39, 0.29) is 5.75 Å². The number of phenolic OH excluding ortho intramolecular Hbond substituents is 1. The standard InChI is InChI=1S/C17H14BrN3O5/c1-26-17(25)10-2-5-13(6-3-10)20-15(23)16(24)21-19-9-11-8-12(18)4-7-14(11)22/h2-9,22H,1H3,(H,20,23)(H,21,24)/b19-9-.